The van der Waals surface area contributed by atoms with Gasteiger partial charge in [0, 0.05) is 13.8 Å². The molecule has 0 bridgehead atoms. The van der Waals surface area contributed by atoms with Crippen molar-refractivity contribution in [1.29, 1.82) is 0 Å². The van der Waals surface area contributed by atoms with Gasteiger partial charge in [0.05, 0.1) is 7.11 Å². The third-order valence-electron chi connectivity index (χ3n) is 2.23. The van der Waals surface area contributed by atoms with Crippen LogP contribution in [0.5, 0.6) is 5.75 Å². The fourth-order valence-electron chi connectivity index (χ4n) is 1.41. The molecule has 5 heteroatoms. The van der Waals surface area contributed by atoms with Crippen molar-refractivity contribution >= 4 is 11.9 Å². The number of carbonyl (C=O) groups is 2. The van der Waals surface area contributed by atoms with E-state index >= 15 is 0 Å². The third-order valence-corrected chi connectivity index (χ3v) is 2.23. The quantitative estimate of drug-likeness (QED) is 0.748. The second-order valence-electron chi connectivity index (χ2n) is 3.67. The number of rotatable bonds is 5. The predicted molar refractivity (Wildman–Crippen MR) is 64.1 cm³/mol. The smallest absolute Gasteiger partial charge is 0.303 e. The summed E-state index contributed by atoms with van der Waals surface area (Å²) in [6.45, 7) is 2.62. The Kier molecular flexibility index (Phi) is 5.17. The van der Waals surface area contributed by atoms with Gasteiger partial charge in [0.2, 0.25) is 0 Å². The Bertz CT molecular complexity index is 410. The molecule has 1 rings (SSSR count). The molecule has 0 aromatic heterocycles. The van der Waals surface area contributed by atoms with Crippen molar-refractivity contribution in [2.75, 3.05) is 13.7 Å². The lowest BCUT2D eigenvalue weighted by Gasteiger charge is -2.17. The summed E-state index contributed by atoms with van der Waals surface area (Å²) in [4.78, 5) is 21.8. The van der Waals surface area contributed by atoms with Gasteiger partial charge in [0.15, 0.2) is 6.10 Å². The molecule has 18 heavy (non-hydrogen) atoms. The number of methoxy groups -OCH3 is 1. The van der Waals surface area contributed by atoms with Crippen molar-refractivity contribution in [2.45, 2.75) is 20.0 Å². The molecule has 0 N–H and O–H groups in total. The zero-order valence-electron chi connectivity index (χ0n) is 10.6. The van der Waals surface area contributed by atoms with E-state index in [4.69, 9.17) is 14.2 Å². The molecule has 98 valence electrons. The summed E-state index contributed by atoms with van der Waals surface area (Å²) < 4.78 is 15.0. The van der Waals surface area contributed by atoms with Crippen molar-refractivity contribution in [1.82, 2.24) is 0 Å². The molecule has 1 aromatic carbocycles. The summed E-state index contributed by atoms with van der Waals surface area (Å²) >= 11 is 0. The monoisotopic (exact) mass is 252 g/mol. The van der Waals surface area contributed by atoms with Gasteiger partial charge >= 0.3 is 11.9 Å². The van der Waals surface area contributed by atoms with Crippen LogP contribution < -0.4 is 4.74 Å². The fraction of sp³-hybridized carbons (Fsp3) is 0.385. The van der Waals surface area contributed by atoms with E-state index in [1.165, 1.54) is 13.8 Å². The summed E-state index contributed by atoms with van der Waals surface area (Å²) in [6, 6.07) is 7.02. The minimum Gasteiger partial charge on any atom is -0.497 e. The van der Waals surface area contributed by atoms with Crippen LogP contribution in [0, 0.1) is 0 Å². The van der Waals surface area contributed by atoms with E-state index < -0.39 is 18.0 Å². The van der Waals surface area contributed by atoms with Gasteiger partial charge in [-0.15, -0.1) is 0 Å². The number of hydrogen-bond acceptors (Lipinski definition) is 5. The summed E-state index contributed by atoms with van der Waals surface area (Å²) in [5.41, 5.74) is 0.743. The molecule has 0 saturated heterocycles. The first-order chi connectivity index (χ1) is 8.52. The van der Waals surface area contributed by atoms with Crippen LogP contribution >= 0.6 is 0 Å². The SMILES string of the molecule is COc1ccc(C(COC(C)=O)OC(C)=O)cc1. The molecule has 0 fully saturated rings. The van der Waals surface area contributed by atoms with Crippen LogP contribution in [0.4, 0.5) is 0 Å². The molecule has 0 radical (unpaired) electrons. The van der Waals surface area contributed by atoms with E-state index in [9.17, 15) is 9.59 Å². The highest BCUT2D eigenvalue weighted by atomic mass is 16.6. The molecule has 0 saturated carbocycles. The van der Waals surface area contributed by atoms with Gasteiger partial charge in [-0.25, -0.2) is 0 Å². The molecule has 0 aliphatic heterocycles. The van der Waals surface area contributed by atoms with Crippen molar-refractivity contribution in [2.24, 2.45) is 0 Å². The summed E-state index contributed by atoms with van der Waals surface area (Å²) in [5, 5.41) is 0. The van der Waals surface area contributed by atoms with E-state index in [1.54, 1.807) is 31.4 Å². The molecule has 1 unspecified atom stereocenters. The Labute approximate surface area is 106 Å². The van der Waals surface area contributed by atoms with Gasteiger partial charge in [-0.05, 0) is 17.7 Å². The minimum absolute atomic E-state index is 0.00123. The summed E-state index contributed by atoms with van der Waals surface area (Å²) in [7, 11) is 1.57. The van der Waals surface area contributed by atoms with E-state index in [0.717, 1.165) is 5.56 Å². The summed E-state index contributed by atoms with van der Waals surface area (Å²) in [5.74, 6) is -0.142. The zero-order valence-corrected chi connectivity index (χ0v) is 10.6. The van der Waals surface area contributed by atoms with Crippen LogP contribution in [0.25, 0.3) is 0 Å². The predicted octanol–water partition coefficient (Wildman–Crippen LogP) is 1.86. The number of ether oxygens (including phenoxy) is 3. The van der Waals surface area contributed by atoms with E-state index in [-0.39, 0.29) is 6.61 Å². The molecular formula is C13H16O5. The maximum Gasteiger partial charge on any atom is 0.303 e. The van der Waals surface area contributed by atoms with Gasteiger partial charge in [0.1, 0.15) is 12.4 Å². The van der Waals surface area contributed by atoms with Crippen LogP contribution in [0.1, 0.15) is 25.5 Å². The van der Waals surface area contributed by atoms with Crippen molar-refractivity contribution < 1.29 is 23.8 Å². The second-order valence-corrected chi connectivity index (χ2v) is 3.67. The van der Waals surface area contributed by atoms with Crippen molar-refractivity contribution in [3.8, 4) is 5.75 Å². The van der Waals surface area contributed by atoms with Crippen LogP contribution in [0.3, 0.4) is 0 Å². The Balaban J connectivity index is 2.79. The Morgan fingerprint density at radius 3 is 2.17 bits per heavy atom. The number of carbonyl (C=O) groups excluding carboxylic acids is 2. The molecular weight excluding hydrogens is 236 g/mol. The molecule has 0 heterocycles. The van der Waals surface area contributed by atoms with Crippen molar-refractivity contribution in [3.05, 3.63) is 29.8 Å². The minimum atomic E-state index is -0.600. The highest BCUT2D eigenvalue weighted by molar-refractivity contribution is 5.67. The first kappa shape index (κ1) is 14.0. The number of esters is 2. The largest absolute Gasteiger partial charge is 0.497 e. The third kappa shape index (κ3) is 4.45. The van der Waals surface area contributed by atoms with Gasteiger partial charge in [-0.3, -0.25) is 9.59 Å². The Hall–Kier alpha value is -2.04. The first-order valence-electron chi connectivity index (χ1n) is 5.47. The van der Waals surface area contributed by atoms with Gasteiger partial charge in [-0.1, -0.05) is 12.1 Å². The summed E-state index contributed by atoms with van der Waals surface area (Å²) in [6.07, 6.45) is -0.600. The van der Waals surface area contributed by atoms with Crippen molar-refractivity contribution in [3.63, 3.8) is 0 Å². The van der Waals surface area contributed by atoms with Crippen LogP contribution in [0.15, 0.2) is 24.3 Å². The lowest BCUT2D eigenvalue weighted by molar-refractivity contribution is -0.156. The standard InChI is InChI=1S/C13H16O5/c1-9(14)17-8-13(18-10(2)15)11-4-6-12(16-3)7-5-11/h4-7,13H,8H2,1-3H3. The second kappa shape index (κ2) is 6.64. The lowest BCUT2D eigenvalue weighted by atomic mass is 10.1. The highest BCUT2D eigenvalue weighted by Gasteiger charge is 2.16. The van der Waals surface area contributed by atoms with E-state index in [2.05, 4.69) is 0 Å². The normalized spacial score (nSPS) is 11.5. The molecule has 5 nitrogen and oxygen atoms in total. The average Bonchev–Trinajstić information content (AvgIpc) is 2.34. The zero-order chi connectivity index (χ0) is 13.5. The van der Waals surface area contributed by atoms with Crippen LogP contribution in [0.2, 0.25) is 0 Å². The van der Waals surface area contributed by atoms with Crippen LogP contribution in [-0.2, 0) is 19.1 Å². The average molecular weight is 252 g/mol. The fourth-order valence-corrected chi connectivity index (χ4v) is 1.41. The number of benzene rings is 1. The Morgan fingerprint density at radius 2 is 1.72 bits per heavy atom. The maximum absolute atomic E-state index is 11.0. The highest BCUT2D eigenvalue weighted by Crippen LogP contribution is 2.21. The molecule has 0 amide bonds. The van der Waals surface area contributed by atoms with Gasteiger partial charge < -0.3 is 14.2 Å². The lowest BCUT2D eigenvalue weighted by Crippen LogP contribution is -2.16. The van der Waals surface area contributed by atoms with Gasteiger partial charge in [-0.2, -0.15) is 0 Å². The van der Waals surface area contributed by atoms with Crippen LogP contribution in [-0.4, -0.2) is 25.7 Å². The molecule has 1 aromatic rings. The van der Waals surface area contributed by atoms with E-state index in [0.29, 0.717) is 5.75 Å². The molecule has 0 spiro atoms. The molecule has 0 aliphatic carbocycles. The molecule has 1 atom stereocenters. The number of hydrogen-bond donors (Lipinski definition) is 0. The maximum atomic E-state index is 11.0. The topological polar surface area (TPSA) is 61.8 Å². The van der Waals surface area contributed by atoms with Gasteiger partial charge in [0.25, 0.3) is 0 Å². The van der Waals surface area contributed by atoms with E-state index in [1.807, 2.05) is 0 Å². The molecule has 0 aliphatic rings. The Morgan fingerprint density at radius 1 is 1.11 bits per heavy atom. The first-order valence-corrected chi connectivity index (χ1v) is 5.47.